The van der Waals surface area contributed by atoms with E-state index in [1.165, 1.54) is 22.3 Å². The predicted octanol–water partition coefficient (Wildman–Crippen LogP) is 6.95. The van der Waals surface area contributed by atoms with Crippen LogP contribution >= 0.6 is 35.4 Å². The average Bonchev–Trinajstić information content (AvgIpc) is 3.40. The van der Waals surface area contributed by atoms with Crippen molar-refractivity contribution in [3.8, 4) is 22.5 Å². The summed E-state index contributed by atoms with van der Waals surface area (Å²) in [6, 6.07) is 22.9. The first-order chi connectivity index (χ1) is 15.5. The van der Waals surface area contributed by atoms with Crippen molar-refractivity contribution in [2.24, 2.45) is 0 Å². The number of benzene rings is 3. The fourth-order valence-electron chi connectivity index (χ4n) is 3.85. The predicted molar refractivity (Wildman–Crippen MR) is 133 cm³/mol. The second-order valence-corrected chi connectivity index (χ2v) is 8.57. The lowest BCUT2D eigenvalue weighted by molar-refractivity contribution is 0.0951. The molecule has 1 amide bonds. The number of amides is 1. The number of anilines is 1. The maximum atomic E-state index is 12.6. The summed E-state index contributed by atoms with van der Waals surface area (Å²) in [7, 11) is 0. The van der Waals surface area contributed by atoms with Gasteiger partial charge >= 0.3 is 0 Å². The van der Waals surface area contributed by atoms with Crippen LogP contribution in [0.15, 0.2) is 77.2 Å². The van der Waals surface area contributed by atoms with Gasteiger partial charge in [0.1, 0.15) is 5.76 Å². The minimum atomic E-state index is -0.458. The van der Waals surface area contributed by atoms with E-state index < -0.39 is 5.91 Å². The number of thiocarbonyl (C=S) groups is 1. The summed E-state index contributed by atoms with van der Waals surface area (Å²) in [6.45, 7) is 0. The quantitative estimate of drug-likeness (QED) is 0.275. The minimum absolute atomic E-state index is 0.115. The second-order valence-electron chi connectivity index (χ2n) is 7.38. The van der Waals surface area contributed by atoms with E-state index in [9.17, 15) is 4.79 Å². The van der Waals surface area contributed by atoms with Gasteiger partial charge < -0.3 is 9.73 Å². The van der Waals surface area contributed by atoms with Crippen LogP contribution in [0.5, 0.6) is 0 Å². The first kappa shape index (κ1) is 20.8. The lowest BCUT2D eigenvalue weighted by Crippen LogP contribution is -2.33. The first-order valence-corrected chi connectivity index (χ1v) is 11.0. The molecule has 0 radical (unpaired) electrons. The van der Waals surface area contributed by atoms with Gasteiger partial charge in [0.25, 0.3) is 5.91 Å². The summed E-state index contributed by atoms with van der Waals surface area (Å²) in [6.07, 6.45) is 0.876. The van der Waals surface area contributed by atoms with E-state index in [1.807, 2.05) is 12.1 Å². The molecule has 0 saturated heterocycles. The fourth-order valence-corrected chi connectivity index (χ4v) is 4.45. The van der Waals surface area contributed by atoms with Gasteiger partial charge in [0.05, 0.1) is 10.0 Å². The van der Waals surface area contributed by atoms with Crippen LogP contribution in [-0.2, 0) is 6.42 Å². The van der Waals surface area contributed by atoms with Crippen molar-refractivity contribution in [2.75, 3.05) is 5.32 Å². The lowest BCUT2D eigenvalue weighted by atomic mass is 10.1. The standard InChI is InChI=1S/C25H16Cl2N2O2S/c26-20-7-3-6-19(23(20)27)21-10-11-22(31-21)24(30)29-25(32)28-16-8-9-18-15(13-16)12-14-4-1-2-5-17(14)18/h1-11,13H,12H2,(H2,28,29,30,32). The van der Waals surface area contributed by atoms with Gasteiger partial charge in [0.2, 0.25) is 0 Å². The van der Waals surface area contributed by atoms with Gasteiger partial charge in [-0.3, -0.25) is 10.1 Å². The van der Waals surface area contributed by atoms with E-state index >= 15 is 0 Å². The number of nitrogens with one attached hydrogen (secondary N) is 2. The van der Waals surface area contributed by atoms with Gasteiger partial charge in [-0.15, -0.1) is 0 Å². The van der Waals surface area contributed by atoms with E-state index in [1.54, 1.807) is 30.3 Å². The Kier molecular flexibility index (Phi) is 5.47. The molecule has 2 N–H and O–H groups in total. The van der Waals surface area contributed by atoms with Crippen LogP contribution in [0.3, 0.4) is 0 Å². The van der Waals surface area contributed by atoms with E-state index in [-0.39, 0.29) is 10.9 Å². The highest BCUT2D eigenvalue weighted by Gasteiger charge is 2.19. The van der Waals surface area contributed by atoms with Crippen LogP contribution in [0.4, 0.5) is 5.69 Å². The van der Waals surface area contributed by atoms with Gasteiger partial charge in [-0.25, -0.2) is 0 Å². The van der Waals surface area contributed by atoms with E-state index in [0.717, 1.165) is 12.1 Å². The van der Waals surface area contributed by atoms with Gasteiger partial charge in [-0.2, -0.15) is 0 Å². The molecule has 1 aliphatic carbocycles. The topological polar surface area (TPSA) is 54.3 Å². The highest BCUT2D eigenvalue weighted by Crippen LogP contribution is 2.37. The van der Waals surface area contributed by atoms with Crippen molar-refractivity contribution < 1.29 is 9.21 Å². The fraction of sp³-hybridized carbons (Fsp3) is 0.0400. The molecule has 5 rings (SSSR count). The smallest absolute Gasteiger partial charge is 0.293 e. The molecular weight excluding hydrogens is 463 g/mol. The van der Waals surface area contributed by atoms with Crippen molar-refractivity contribution in [1.29, 1.82) is 0 Å². The Bertz CT molecular complexity index is 1380. The Morgan fingerprint density at radius 3 is 2.53 bits per heavy atom. The molecule has 0 saturated carbocycles. The molecule has 0 atom stereocenters. The van der Waals surface area contributed by atoms with Gasteiger partial charge in [0, 0.05) is 11.3 Å². The molecule has 3 aromatic carbocycles. The summed E-state index contributed by atoms with van der Waals surface area (Å²) in [5.74, 6) is 0.102. The number of hydrogen-bond donors (Lipinski definition) is 2. The average molecular weight is 479 g/mol. The highest BCUT2D eigenvalue weighted by molar-refractivity contribution is 7.80. The van der Waals surface area contributed by atoms with E-state index in [2.05, 4.69) is 41.0 Å². The summed E-state index contributed by atoms with van der Waals surface area (Å²) >= 11 is 17.6. The van der Waals surface area contributed by atoms with Crippen molar-refractivity contribution in [3.63, 3.8) is 0 Å². The molecule has 1 heterocycles. The summed E-state index contributed by atoms with van der Waals surface area (Å²) in [5, 5.41) is 6.69. The number of hydrogen-bond acceptors (Lipinski definition) is 3. The van der Waals surface area contributed by atoms with Gasteiger partial charge in [-0.1, -0.05) is 59.6 Å². The molecule has 1 aliphatic rings. The van der Waals surface area contributed by atoms with E-state index in [0.29, 0.717) is 21.4 Å². The van der Waals surface area contributed by atoms with Crippen LogP contribution in [0, 0.1) is 0 Å². The normalized spacial score (nSPS) is 11.6. The van der Waals surface area contributed by atoms with Crippen LogP contribution in [0.25, 0.3) is 22.5 Å². The minimum Gasteiger partial charge on any atom is -0.451 e. The number of fused-ring (bicyclic) bond motifs is 3. The molecule has 4 aromatic rings. The summed E-state index contributed by atoms with van der Waals surface area (Å²) in [5.41, 5.74) is 6.44. The van der Waals surface area contributed by atoms with Crippen molar-refractivity contribution >= 4 is 52.1 Å². The molecule has 0 fully saturated rings. The van der Waals surface area contributed by atoms with Crippen LogP contribution in [0.2, 0.25) is 10.0 Å². The lowest BCUT2D eigenvalue weighted by Gasteiger charge is -2.10. The maximum Gasteiger partial charge on any atom is 0.293 e. The van der Waals surface area contributed by atoms with Crippen LogP contribution in [-0.4, -0.2) is 11.0 Å². The maximum absolute atomic E-state index is 12.6. The Balaban J connectivity index is 1.26. The number of carbonyl (C=O) groups is 1. The number of rotatable bonds is 3. The SMILES string of the molecule is O=C(NC(=S)Nc1ccc2c(c1)Cc1ccccc1-2)c1ccc(-c2cccc(Cl)c2Cl)o1. The largest absolute Gasteiger partial charge is 0.451 e. The highest BCUT2D eigenvalue weighted by atomic mass is 35.5. The molecule has 4 nitrogen and oxygen atoms in total. The Morgan fingerprint density at radius 1 is 0.875 bits per heavy atom. The molecular formula is C25H16Cl2N2O2S. The van der Waals surface area contributed by atoms with Crippen molar-refractivity contribution in [3.05, 3.63) is 99.7 Å². The first-order valence-electron chi connectivity index (χ1n) is 9.87. The zero-order valence-electron chi connectivity index (χ0n) is 16.6. The second kappa shape index (κ2) is 8.43. The van der Waals surface area contributed by atoms with Gasteiger partial charge in [-0.05, 0) is 77.3 Å². The molecule has 0 aliphatic heterocycles. The van der Waals surface area contributed by atoms with Crippen molar-refractivity contribution in [1.82, 2.24) is 5.32 Å². The van der Waals surface area contributed by atoms with Crippen molar-refractivity contribution in [2.45, 2.75) is 6.42 Å². The van der Waals surface area contributed by atoms with Crippen LogP contribution in [0.1, 0.15) is 21.7 Å². The number of furan rings is 1. The third kappa shape index (κ3) is 3.91. The molecule has 1 aromatic heterocycles. The number of carbonyl (C=O) groups excluding carboxylic acids is 1. The molecule has 158 valence electrons. The van der Waals surface area contributed by atoms with Gasteiger partial charge in [0.15, 0.2) is 10.9 Å². The Labute approximate surface area is 200 Å². The molecule has 7 heteroatoms. The third-order valence-corrected chi connectivity index (χ3v) is 6.35. The monoisotopic (exact) mass is 478 g/mol. The third-order valence-electron chi connectivity index (χ3n) is 5.33. The Morgan fingerprint density at radius 2 is 1.66 bits per heavy atom. The summed E-state index contributed by atoms with van der Waals surface area (Å²) < 4.78 is 5.67. The Hall–Kier alpha value is -3.12. The van der Waals surface area contributed by atoms with Crippen LogP contribution < -0.4 is 10.6 Å². The zero-order chi connectivity index (χ0) is 22.2. The number of halogens is 2. The molecule has 0 bridgehead atoms. The molecule has 32 heavy (non-hydrogen) atoms. The molecule has 0 unspecified atom stereocenters. The molecule has 0 spiro atoms. The summed E-state index contributed by atoms with van der Waals surface area (Å²) in [4.78, 5) is 12.6. The van der Waals surface area contributed by atoms with E-state index in [4.69, 9.17) is 39.8 Å². The zero-order valence-corrected chi connectivity index (χ0v) is 18.9.